The summed E-state index contributed by atoms with van der Waals surface area (Å²) in [4.78, 5) is 7.39. The fourth-order valence-corrected chi connectivity index (χ4v) is 8.22. The van der Waals surface area contributed by atoms with Crippen LogP contribution in [0.3, 0.4) is 0 Å². The van der Waals surface area contributed by atoms with Crippen LogP contribution >= 0.6 is 0 Å². The molecule has 0 unspecified atom stereocenters. The topological polar surface area (TPSA) is 65.3 Å². The normalized spacial score (nSPS) is 46.8. The highest BCUT2D eigenvalue weighted by atomic mass is 16.6. The first-order chi connectivity index (χ1) is 15.0. The highest BCUT2D eigenvalue weighted by molar-refractivity contribution is 5.77. The Bertz CT molecular complexity index is 751. The van der Waals surface area contributed by atoms with Crippen molar-refractivity contribution >= 4 is 6.21 Å². The van der Waals surface area contributed by atoms with Crippen molar-refractivity contribution in [2.45, 2.75) is 96.2 Å². The van der Waals surface area contributed by atoms with Gasteiger partial charge in [-0.1, -0.05) is 19.0 Å². The number of allylic oxidation sites excluding steroid dienone is 1. The van der Waals surface area contributed by atoms with Gasteiger partial charge in [0, 0.05) is 6.54 Å². The predicted octanol–water partition coefficient (Wildman–Crippen LogP) is 4.78. The smallest absolute Gasteiger partial charge is 0.129 e. The lowest BCUT2D eigenvalue weighted by molar-refractivity contribution is -0.206. The molecule has 182 valence electrons. The second-order valence-electron chi connectivity index (χ2n) is 12.4. The minimum absolute atomic E-state index is 0.126. The first-order valence-corrected chi connectivity index (χ1v) is 13.0. The van der Waals surface area contributed by atoms with Crippen LogP contribution in [0.15, 0.2) is 16.8 Å². The Morgan fingerprint density at radius 1 is 1.03 bits per heavy atom. The van der Waals surface area contributed by atoms with E-state index >= 15 is 0 Å². The van der Waals surface area contributed by atoms with E-state index in [0.717, 1.165) is 50.6 Å². The third-order valence-electron chi connectivity index (χ3n) is 10.2. The fourth-order valence-electron chi connectivity index (χ4n) is 8.22. The molecule has 5 nitrogen and oxygen atoms in total. The van der Waals surface area contributed by atoms with E-state index in [-0.39, 0.29) is 10.8 Å². The van der Waals surface area contributed by atoms with E-state index in [2.05, 4.69) is 23.9 Å². The molecule has 0 aliphatic heterocycles. The zero-order valence-electron chi connectivity index (χ0n) is 21.1. The predicted molar refractivity (Wildman–Crippen MR) is 130 cm³/mol. The van der Waals surface area contributed by atoms with Crippen molar-refractivity contribution in [1.82, 2.24) is 4.90 Å². The molecular formula is C27H46N2O3. The molecule has 2 N–H and O–H groups in total. The maximum absolute atomic E-state index is 11.9. The Morgan fingerprint density at radius 3 is 2.56 bits per heavy atom. The highest BCUT2D eigenvalue weighted by Crippen LogP contribution is 2.68. The van der Waals surface area contributed by atoms with E-state index in [1.165, 1.54) is 25.7 Å². The van der Waals surface area contributed by atoms with Crippen molar-refractivity contribution in [2.75, 3.05) is 27.2 Å². The monoisotopic (exact) mass is 446 g/mol. The summed E-state index contributed by atoms with van der Waals surface area (Å²) in [5.41, 5.74) is 0.102. The van der Waals surface area contributed by atoms with Gasteiger partial charge in [0.25, 0.3) is 0 Å². The number of aliphatic hydroxyl groups is 2. The van der Waals surface area contributed by atoms with E-state index < -0.39 is 11.2 Å². The first-order valence-electron chi connectivity index (χ1n) is 13.0. The van der Waals surface area contributed by atoms with Crippen LogP contribution in [0.4, 0.5) is 0 Å². The second-order valence-corrected chi connectivity index (χ2v) is 12.4. The van der Waals surface area contributed by atoms with Gasteiger partial charge in [0.1, 0.15) is 6.61 Å². The minimum atomic E-state index is -0.760. The van der Waals surface area contributed by atoms with Crippen molar-refractivity contribution in [1.29, 1.82) is 0 Å². The van der Waals surface area contributed by atoms with Gasteiger partial charge in [-0.25, -0.2) is 0 Å². The lowest BCUT2D eigenvalue weighted by Gasteiger charge is -2.63. The van der Waals surface area contributed by atoms with Gasteiger partial charge < -0.3 is 20.0 Å². The third kappa shape index (κ3) is 4.18. The van der Waals surface area contributed by atoms with E-state index in [4.69, 9.17) is 4.84 Å². The van der Waals surface area contributed by atoms with Gasteiger partial charge in [-0.05, 0) is 125 Å². The van der Waals surface area contributed by atoms with Gasteiger partial charge in [-0.15, -0.1) is 0 Å². The molecular weight excluding hydrogens is 400 g/mol. The van der Waals surface area contributed by atoms with Crippen LogP contribution in [-0.4, -0.2) is 59.8 Å². The van der Waals surface area contributed by atoms with Crippen LogP contribution < -0.4 is 0 Å². The summed E-state index contributed by atoms with van der Waals surface area (Å²) >= 11 is 0. The second kappa shape index (κ2) is 8.70. The molecule has 7 atom stereocenters. The molecule has 4 saturated carbocycles. The zero-order chi connectivity index (χ0) is 23.2. The van der Waals surface area contributed by atoms with Gasteiger partial charge in [0.2, 0.25) is 0 Å². The summed E-state index contributed by atoms with van der Waals surface area (Å²) in [6.45, 7) is 8.23. The Labute approximate surface area is 195 Å². The van der Waals surface area contributed by atoms with Crippen LogP contribution in [0.2, 0.25) is 0 Å². The summed E-state index contributed by atoms with van der Waals surface area (Å²) in [7, 11) is 4.02. The minimum Gasteiger partial charge on any atom is -0.394 e. The standard InChI is InChI=1S/C27H46N2O3/c1-20(19-28-32-16-15-29(4)5)17-26(30)14-13-25(3)21(18-26)7-8-23-22(25)9-12-24(2)10-6-11-27(23,24)31/h17,19,21-23,30-31H,6-16,18H2,1-5H3/t21-,22+,23-,24+,25+,26-,27+/m1/s1. The third-order valence-corrected chi connectivity index (χ3v) is 10.2. The lowest BCUT2D eigenvalue weighted by Crippen LogP contribution is -2.61. The summed E-state index contributed by atoms with van der Waals surface area (Å²) < 4.78 is 0. The molecule has 0 radical (unpaired) electrons. The molecule has 32 heavy (non-hydrogen) atoms. The van der Waals surface area contributed by atoms with Crippen molar-refractivity contribution in [3.8, 4) is 0 Å². The SMILES string of the molecule is CC(C=NOCCN(C)C)=C[C@]1(O)CC[C@@]2(C)[C@H](CC[C@@H]3[C@@H]2CC[C@]2(C)CCC[C@]32O)C1. The maximum atomic E-state index is 11.9. The first kappa shape index (κ1) is 24.2. The lowest BCUT2D eigenvalue weighted by atomic mass is 9.43. The number of rotatable bonds is 6. The molecule has 0 spiro atoms. The summed E-state index contributed by atoms with van der Waals surface area (Å²) in [5.74, 6) is 1.56. The van der Waals surface area contributed by atoms with Gasteiger partial charge in [0.05, 0.1) is 17.4 Å². The number of nitrogens with zero attached hydrogens (tertiary/aromatic N) is 2. The van der Waals surface area contributed by atoms with Crippen LogP contribution in [-0.2, 0) is 4.84 Å². The Kier molecular flexibility index (Phi) is 6.59. The number of fused-ring (bicyclic) bond motifs is 5. The average Bonchev–Trinajstić information content (AvgIpc) is 3.03. The maximum Gasteiger partial charge on any atom is 0.129 e. The average molecular weight is 447 g/mol. The summed E-state index contributed by atoms with van der Waals surface area (Å²) in [6, 6.07) is 0. The van der Waals surface area contributed by atoms with E-state index in [9.17, 15) is 10.2 Å². The Morgan fingerprint density at radius 2 is 1.81 bits per heavy atom. The van der Waals surface area contributed by atoms with Crippen LogP contribution in [0.1, 0.15) is 85.0 Å². The van der Waals surface area contributed by atoms with E-state index in [0.29, 0.717) is 24.4 Å². The van der Waals surface area contributed by atoms with E-state index in [1.807, 2.05) is 27.1 Å². The molecule has 0 heterocycles. The van der Waals surface area contributed by atoms with Crippen molar-refractivity contribution in [3.05, 3.63) is 11.6 Å². The van der Waals surface area contributed by atoms with Crippen LogP contribution in [0.25, 0.3) is 0 Å². The van der Waals surface area contributed by atoms with Gasteiger partial charge in [-0.2, -0.15) is 0 Å². The van der Waals surface area contributed by atoms with Gasteiger partial charge in [-0.3, -0.25) is 0 Å². The number of hydrogen-bond acceptors (Lipinski definition) is 5. The van der Waals surface area contributed by atoms with Crippen molar-refractivity contribution < 1.29 is 15.1 Å². The summed E-state index contributed by atoms with van der Waals surface area (Å²) in [5, 5.41) is 27.4. The molecule has 0 aromatic rings. The molecule has 0 saturated heterocycles. The Hall–Kier alpha value is -0.910. The number of hydrogen-bond donors (Lipinski definition) is 2. The number of likely N-dealkylation sites (N-methyl/N-ethyl adjacent to an activating group) is 1. The van der Waals surface area contributed by atoms with Crippen LogP contribution in [0.5, 0.6) is 0 Å². The molecule has 0 aromatic heterocycles. The molecule has 4 aliphatic rings. The molecule has 4 rings (SSSR count). The molecule has 0 aromatic carbocycles. The van der Waals surface area contributed by atoms with Crippen LogP contribution in [0, 0.1) is 28.6 Å². The molecule has 4 fully saturated rings. The molecule has 0 amide bonds. The van der Waals surface area contributed by atoms with Crippen molar-refractivity contribution in [2.24, 2.45) is 33.7 Å². The number of oxime groups is 1. The summed E-state index contributed by atoms with van der Waals surface area (Å²) in [6.07, 6.45) is 14.5. The quantitative estimate of drug-likeness (QED) is 0.350. The van der Waals surface area contributed by atoms with E-state index in [1.54, 1.807) is 6.21 Å². The molecule has 5 heteroatoms. The Balaban J connectivity index is 1.43. The zero-order valence-corrected chi connectivity index (χ0v) is 21.1. The van der Waals surface area contributed by atoms with Crippen molar-refractivity contribution in [3.63, 3.8) is 0 Å². The fraction of sp³-hybridized carbons (Fsp3) is 0.889. The van der Waals surface area contributed by atoms with Gasteiger partial charge >= 0.3 is 0 Å². The molecule has 4 aliphatic carbocycles. The largest absolute Gasteiger partial charge is 0.394 e. The molecule has 0 bridgehead atoms. The highest BCUT2D eigenvalue weighted by Gasteiger charge is 2.65. The van der Waals surface area contributed by atoms with Gasteiger partial charge in [0.15, 0.2) is 0 Å².